The molecular weight excluding hydrogens is 216 g/mol. The summed E-state index contributed by atoms with van der Waals surface area (Å²) >= 11 is 0. The largest absolute Gasteiger partial charge is 0.493 e. The van der Waals surface area contributed by atoms with E-state index in [0.717, 1.165) is 11.3 Å². The summed E-state index contributed by atoms with van der Waals surface area (Å²) in [5, 5.41) is 9.04. The topological polar surface area (TPSA) is 46.5 Å². The van der Waals surface area contributed by atoms with E-state index in [0.29, 0.717) is 13.0 Å². The summed E-state index contributed by atoms with van der Waals surface area (Å²) in [6.45, 7) is 6.27. The quantitative estimate of drug-likeness (QED) is 0.825. The van der Waals surface area contributed by atoms with E-state index in [1.165, 1.54) is 0 Å². The Labute approximate surface area is 102 Å². The number of ether oxygens (including phenoxy) is 1. The highest BCUT2D eigenvalue weighted by molar-refractivity contribution is 5.70. The first kappa shape index (κ1) is 13.6. The molecule has 1 rings (SSSR count). The molecule has 0 saturated heterocycles. The molecule has 0 fully saturated rings. The van der Waals surface area contributed by atoms with E-state index >= 15 is 0 Å². The Morgan fingerprint density at radius 2 is 2.00 bits per heavy atom. The zero-order valence-corrected chi connectivity index (χ0v) is 10.6. The van der Waals surface area contributed by atoms with Crippen LogP contribution in [0.2, 0.25) is 0 Å². The molecule has 0 saturated carbocycles. The van der Waals surface area contributed by atoms with E-state index in [4.69, 9.17) is 9.84 Å². The average molecular weight is 236 g/mol. The van der Waals surface area contributed by atoms with Gasteiger partial charge in [-0.1, -0.05) is 32.0 Å². The second-order valence-electron chi connectivity index (χ2n) is 4.59. The second-order valence-corrected chi connectivity index (χ2v) is 4.59. The van der Waals surface area contributed by atoms with Gasteiger partial charge in [0.05, 0.1) is 12.5 Å². The Morgan fingerprint density at radius 3 is 2.53 bits per heavy atom. The van der Waals surface area contributed by atoms with Crippen LogP contribution >= 0.6 is 0 Å². The van der Waals surface area contributed by atoms with E-state index in [9.17, 15) is 4.79 Å². The van der Waals surface area contributed by atoms with Gasteiger partial charge in [0.2, 0.25) is 0 Å². The number of benzene rings is 1. The Bertz CT molecular complexity index is 371. The molecule has 1 atom stereocenters. The molecule has 1 N–H and O–H groups in total. The zero-order valence-electron chi connectivity index (χ0n) is 10.6. The number of carboxylic acids is 1. The Kier molecular flexibility index (Phi) is 5.01. The number of hydrogen-bond donors (Lipinski definition) is 1. The summed E-state index contributed by atoms with van der Waals surface area (Å²) in [4.78, 5) is 11.0. The van der Waals surface area contributed by atoms with E-state index in [2.05, 4.69) is 0 Å². The van der Waals surface area contributed by atoms with Crippen molar-refractivity contribution in [3.05, 3.63) is 29.8 Å². The predicted octanol–water partition coefficient (Wildman–Crippen LogP) is 3.12. The Morgan fingerprint density at radius 1 is 1.35 bits per heavy atom. The SMILES string of the molecule is Cc1ccccc1OCCC(C(=O)O)C(C)C. The van der Waals surface area contributed by atoms with Crippen LogP contribution in [0.4, 0.5) is 0 Å². The van der Waals surface area contributed by atoms with Crippen molar-refractivity contribution < 1.29 is 14.6 Å². The van der Waals surface area contributed by atoms with Crippen LogP contribution in [0.3, 0.4) is 0 Å². The minimum absolute atomic E-state index is 0.132. The van der Waals surface area contributed by atoms with Gasteiger partial charge in [-0.15, -0.1) is 0 Å². The summed E-state index contributed by atoms with van der Waals surface area (Å²) in [5.74, 6) is -0.110. The number of hydrogen-bond acceptors (Lipinski definition) is 2. The van der Waals surface area contributed by atoms with Crippen molar-refractivity contribution in [2.75, 3.05) is 6.61 Å². The average Bonchev–Trinajstić information content (AvgIpc) is 2.25. The molecule has 3 nitrogen and oxygen atoms in total. The highest BCUT2D eigenvalue weighted by Crippen LogP contribution is 2.19. The fraction of sp³-hybridized carbons (Fsp3) is 0.500. The van der Waals surface area contributed by atoms with E-state index in [1.54, 1.807) is 0 Å². The van der Waals surface area contributed by atoms with Crippen LogP contribution in [-0.2, 0) is 4.79 Å². The van der Waals surface area contributed by atoms with Crippen LogP contribution in [0, 0.1) is 18.8 Å². The van der Waals surface area contributed by atoms with Gasteiger partial charge in [0.25, 0.3) is 0 Å². The summed E-state index contributed by atoms with van der Waals surface area (Å²) in [5.41, 5.74) is 1.07. The first-order valence-corrected chi connectivity index (χ1v) is 5.93. The van der Waals surface area contributed by atoms with E-state index in [-0.39, 0.29) is 11.8 Å². The Hall–Kier alpha value is -1.51. The minimum Gasteiger partial charge on any atom is -0.493 e. The third kappa shape index (κ3) is 4.10. The number of aliphatic carboxylic acids is 1. The number of carbonyl (C=O) groups is 1. The molecule has 0 aliphatic carbocycles. The summed E-state index contributed by atoms with van der Waals surface area (Å²) in [7, 11) is 0. The Balaban J connectivity index is 2.47. The number of rotatable bonds is 6. The van der Waals surface area contributed by atoms with Gasteiger partial charge in [-0.25, -0.2) is 0 Å². The molecular formula is C14H20O3. The first-order chi connectivity index (χ1) is 8.02. The van der Waals surface area contributed by atoms with Crippen LogP contribution in [0.15, 0.2) is 24.3 Å². The summed E-state index contributed by atoms with van der Waals surface area (Å²) in [6.07, 6.45) is 0.543. The molecule has 0 bridgehead atoms. The molecule has 0 aromatic heterocycles. The second kappa shape index (κ2) is 6.28. The van der Waals surface area contributed by atoms with Crippen molar-refractivity contribution in [1.29, 1.82) is 0 Å². The number of aryl methyl sites for hydroxylation is 1. The minimum atomic E-state index is -0.742. The smallest absolute Gasteiger partial charge is 0.306 e. The van der Waals surface area contributed by atoms with E-state index < -0.39 is 5.97 Å². The maximum absolute atomic E-state index is 11.0. The van der Waals surface area contributed by atoms with Crippen molar-refractivity contribution in [3.8, 4) is 5.75 Å². The predicted molar refractivity (Wildman–Crippen MR) is 67.3 cm³/mol. The molecule has 0 spiro atoms. The summed E-state index contributed by atoms with van der Waals surface area (Å²) in [6, 6.07) is 7.75. The molecule has 1 unspecified atom stereocenters. The molecule has 94 valence electrons. The number of carboxylic acid groups (broad SMARTS) is 1. The lowest BCUT2D eigenvalue weighted by Gasteiger charge is -2.16. The van der Waals surface area contributed by atoms with Crippen LogP contribution < -0.4 is 4.74 Å². The fourth-order valence-corrected chi connectivity index (χ4v) is 1.76. The van der Waals surface area contributed by atoms with Gasteiger partial charge in [0, 0.05) is 0 Å². The standard InChI is InChI=1S/C14H20O3/c1-10(2)12(14(15)16)8-9-17-13-7-5-4-6-11(13)3/h4-7,10,12H,8-9H2,1-3H3,(H,15,16). The van der Waals surface area contributed by atoms with Crippen LogP contribution in [0.5, 0.6) is 5.75 Å². The lowest BCUT2D eigenvalue weighted by Crippen LogP contribution is -2.22. The van der Waals surface area contributed by atoms with Gasteiger partial charge in [0.15, 0.2) is 0 Å². The van der Waals surface area contributed by atoms with Crippen LogP contribution in [0.1, 0.15) is 25.8 Å². The highest BCUT2D eigenvalue weighted by atomic mass is 16.5. The van der Waals surface area contributed by atoms with Gasteiger partial charge in [0.1, 0.15) is 5.75 Å². The van der Waals surface area contributed by atoms with Gasteiger partial charge < -0.3 is 9.84 Å². The molecule has 0 aliphatic rings. The monoisotopic (exact) mass is 236 g/mol. The normalized spacial score (nSPS) is 12.5. The maximum atomic E-state index is 11.0. The highest BCUT2D eigenvalue weighted by Gasteiger charge is 2.21. The fourth-order valence-electron chi connectivity index (χ4n) is 1.76. The zero-order chi connectivity index (χ0) is 12.8. The lowest BCUT2D eigenvalue weighted by atomic mass is 9.93. The molecule has 3 heteroatoms. The molecule has 0 heterocycles. The van der Waals surface area contributed by atoms with Gasteiger partial charge >= 0.3 is 5.97 Å². The van der Waals surface area contributed by atoms with Gasteiger partial charge in [-0.05, 0) is 30.9 Å². The van der Waals surface area contributed by atoms with Crippen molar-refractivity contribution in [3.63, 3.8) is 0 Å². The van der Waals surface area contributed by atoms with Crippen LogP contribution in [0.25, 0.3) is 0 Å². The number of para-hydroxylation sites is 1. The van der Waals surface area contributed by atoms with Crippen molar-refractivity contribution in [2.24, 2.45) is 11.8 Å². The third-order valence-electron chi connectivity index (χ3n) is 2.90. The molecule has 0 aliphatic heterocycles. The van der Waals surface area contributed by atoms with Crippen molar-refractivity contribution in [1.82, 2.24) is 0 Å². The maximum Gasteiger partial charge on any atom is 0.306 e. The molecule has 1 aromatic carbocycles. The van der Waals surface area contributed by atoms with Gasteiger partial charge in [-0.2, -0.15) is 0 Å². The van der Waals surface area contributed by atoms with E-state index in [1.807, 2.05) is 45.0 Å². The first-order valence-electron chi connectivity index (χ1n) is 5.93. The van der Waals surface area contributed by atoms with Gasteiger partial charge in [-0.3, -0.25) is 4.79 Å². The summed E-state index contributed by atoms with van der Waals surface area (Å²) < 4.78 is 5.60. The van der Waals surface area contributed by atoms with Crippen LogP contribution in [-0.4, -0.2) is 17.7 Å². The third-order valence-corrected chi connectivity index (χ3v) is 2.90. The molecule has 0 radical (unpaired) electrons. The molecule has 17 heavy (non-hydrogen) atoms. The lowest BCUT2D eigenvalue weighted by molar-refractivity contribution is -0.143. The molecule has 1 aromatic rings. The van der Waals surface area contributed by atoms with Crippen molar-refractivity contribution >= 4 is 5.97 Å². The van der Waals surface area contributed by atoms with Crippen molar-refractivity contribution in [2.45, 2.75) is 27.2 Å². The molecule has 0 amide bonds.